The van der Waals surface area contributed by atoms with Crippen molar-refractivity contribution in [1.82, 2.24) is 10.2 Å². The molecule has 0 amide bonds. The van der Waals surface area contributed by atoms with Crippen LogP contribution in [0.2, 0.25) is 0 Å². The number of nitrogens with one attached hydrogen (secondary N) is 1. The van der Waals surface area contributed by atoms with Gasteiger partial charge in [-0.2, -0.15) is 5.10 Å². The van der Waals surface area contributed by atoms with Gasteiger partial charge in [0, 0.05) is 17.3 Å². The van der Waals surface area contributed by atoms with Gasteiger partial charge < -0.3 is 0 Å². The quantitative estimate of drug-likeness (QED) is 0.816. The lowest BCUT2D eigenvalue weighted by atomic mass is 10.1. The molecule has 0 radical (unpaired) electrons. The van der Waals surface area contributed by atoms with E-state index in [-0.39, 0.29) is 5.82 Å². The van der Waals surface area contributed by atoms with Gasteiger partial charge in [-0.1, -0.05) is 12.1 Å². The lowest BCUT2D eigenvalue weighted by Gasteiger charge is -2.00. The van der Waals surface area contributed by atoms with Crippen molar-refractivity contribution in [1.29, 1.82) is 0 Å². The molecule has 66 valence electrons. The first-order valence-electron chi connectivity index (χ1n) is 3.72. The van der Waals surface area contributed by atoms with Gasteiger partial charge in [-0.05, 0) is 22.0 Å². The first-order valence-corrected chi connectivity index (χ1v) is 4.51. The second-order valence-corrected chi connectivity index (χ2v) is 3.44. The molecule has 0 saturated heterocycles. The molecule has 0 saturated carbocycles. The second-order valence-electron chi connectivity index (χ2n) is 2.59. The van der Waals surface area contributed by atoms with E-state index in [2.05, 4.69) is 26.1 Å². The van der Waals surface area contributed by atoms with Crippen LogP contribution in [-0.4, -0.2) is 10.2 Å². The Morgan fingerprint density at radius 2 is 2.23 bits per heavy atom. The monoisotopic (exact) mass is 240 g/mol. The second kappa shape index (κ2) is 3.30. The summed E-state index contributed by atoms with van der Waals surface area (Å²) in [4.78, 5) is 0. The number of halogens is 2. The summed E-state index contributed by atoms with van der Waals surface area (Å²) in [5.74, 6) is -0.260. The number of aromatic nitrogens is 2. The van der Waals surface area contributed by atoms with Crippen LogP contribution in [0.3, 0.4) is 0 Å². The molecule has 1 aromatic heterocycles. The topological polar surface area (TPSA) is 28.7 Å². The Balaban J connectivity index is 2.59. The highest BCUT2D eigenvalue weighted by Gasteiger charge is 2.07. The summed E-state index contributed by atoms with van der Waals surface area (Å²) in [6.45, 7) is 0. The van der Waals surface area contributed by atoms with Crippen LogP contribution < -0.4 is 0 Å². The number of hydrogen-bond acceptors (Lipinski definition) is 1. The first kappa shape index (κ1) is 8.44. The SMILES string of the molecule is Fc1c(Br)cccc1-c1cn[nH]c1. The third kappa shape index (κ3) is 1.49. The average Bonchev–Trinajstić information content (AvgIpc) is 2.62. The highest BCUT2D eigenvalue weighted by Crippen LogP contribution is 2.26. The van der Waals surface area contributed by atoms with Gasteiger partial charge in [0.05, 0.1) is 10.7 Å². The maximum atomic E-state index is 13.5. The number of rotatable bonds is 1. The van der Waals surface area contributed by atoms with Crippen molar-refractivity contribution in [3.05, 3.63) is 40.9 Å². The minimum Gasteiger partial charge on any atom is -0.285 e. The van der Waals surface area contributed by atoms with Gasteiger partial charge in [0.15, 0.2) is 0 Å². The molecular weight excluding hydrogens is 235 g/mol. The van der Waals surface area contributed by atoms with E-state index in [1.165, 1.54) is 0 Å². The van der Waals surface area contributed by atoms with E-state index >= 15 is 0 Å². The van der Waals surface area contributed by atoms with Crippen LogP contribution in [0.4, 0.5) is 4.39 Å². The number of H-pyrrole nitrogens is 1. The van der Waals surface area contributed by atoms with Gasteiger partial charge in [-0.15, -0.1) is 0 Å². The Morgan fingerprint density at radius 3 is 2.92 bits per heavy atom. The normalized spacial score (nSPS) is 10.3. The lowest BCUT2D eigenvalue weighted by molar-refractivity contribution is 0.624. The van der Waals surface area contributed by atoms with Crippen molar-refractivity contribution in [2.45, 2.75) is 0 Å². The Bertz CT molecular complexity index is 412. The number of benzene rings is 1. The lowest BCUT2D eigenvalue weighted by Crippen LogP contribution is -1.83. The van der Waals surface area contributed by atoms with Crippen LogP contribution >= 0.6 is 15.9 Å². The van der Waals surface area contributed by atoms with Crippen LogP contribution in [0.25, 0.3) is 11.1 Å². The van der Waals surface area contributed by atoms with Crippen LogP contribution in [-0.2, 0) is 0 Å². The van der Waals surface area contributed by atoms with Crippen molar-refractivity contribution < 1.29 is 4.39 Å². The fraction of sp³-hybridized carbons (Fsp3) is 0. The van der Waals surface area contributed by atoms with E-state index in [1.54, 1.807) is 30.6 Å². The van der Waals surface area contributed by atoms with E-state index in [9.17, 15) is 4.39 Å². The zero-order chi connectivity index (χ0) is 9.26. The molecule has 0 bridgehead atoms. The van der Waals surface area contributed by atoms with Crippen LogP contribution in [0.5, 0.6) is 0 Å². The molecule has 0 fully saturated rings. The molecule has 0 spiro atoms. The predicted octanol–water partition coefficient (Wildman–Crippen LogP) is 2.98. The van der Waals surface area contributed by atoms with Crippen LogP contribution in [0, 0.1) is 5.82 Å². The van der Waals surface area contributed by atoms with Crippen LogP contribution in [0.15, 0.2) is 35.1 Å². The standard InChI is InChI=1S/C9H6BrFN2/c10-8-3-1-2-7(9(8)11)6-4-12-13-5-6/h1-5H,(H,12,13). The molecule has 1 heterocycles. The number of nitrogens with zero attached hydrogens (tertiary/aromatic N) is 1. The molecule has 0 atom stereocenters. The smallest absolute Gasteiger partial charge is 0.145 e. The van der Waals surface area contributed by atoms with E-state index < -0.39 is 0 Å². The van der Waals surface area contributed by atoms with Gasteiger partial charge in [0.1, 0.15) is 5.82 Å². The summed E-state index contributed by atoms with van der Waals surface area (Å²) in [6.07, 6.45) is 3.25. The van der Waals surface area contributed by atoms with Crippen molar-refractivity contribution in [3.8, 4) is 11.1 Å². The largest absolute Gasteiger partial charge is 0.285 e. The molecule has 2 rings (SSSR count). The Kier molecular flexibility index (Phi) is 2.14. The number of hydrogen-bond donors (Lipinski definition) is 1. The highest BCUT2D eigenvalue weighted by atomic mass is 79.9. The van der Waals surface area contributed by atoms with E-state index in [4.69, 9.17) is 0 Å². The molecule has 0 unspecified atom stereocenters. The van der Waals surface area contributed by atoms with Crippen molar-refractivity contribution in [2.24, 2.45) is 0 Å². The van der Waals surface area contributed by atoms with Gasteiger partial charge in [0.25, 0.3) is 0 Å². The molecule has 0 aliphatic rings. The average molecular weight is 241 g/mol. The molecular formula is C9H6BrFN2. The summed E-state index contributed by atoms with van der Waals surface area (Å²) in [7, 11) is 0. The summed E-state index contributed by atoms with van der Waals surface area (Å²) < 4.78 is 13.9. The van der Waals surface area contributed by atoms with Gasteiger partial charge in [0.2, 0.25) is 0 Å². The van der Waals surface area contributed by atoms with Gasteiger partial charge >= 0.3 is 0 Å². The van der Waals surface area contributed by atoms with Crippen molar-refractivity contribution >= 4 is 15.9 Å². The highest BCUT2D eigenvalue weighted by molar-refractivity contribution is 9.10. The summed E-state index contributed by atoms with van der Waals surface area (Å²) in [5.41, 5.74) is 1.29. The van der Waals surface area contributed by atoms with Crippen molar-refractivity contribution in [2.75, 3.05) is 0 Å². The van der Waals surface area contributed by atoms with Gasteiger partial charge in [-0.3, -0.25) is 5.10 Å². The third-order valence-corrected chi connectivity index (χ3v) is 2.37. The number of aromatic amines is 1. The first-order chi connectivity index (χ1) is 6.29. The van der Waals surface area contributed by atoms with Crippen molar-refractivity contribution in [3.63, 3.8) is 0 Å². The summed E-state index contributed by atoms with van der Waals surface area (Å²) in [5, 5.41) is 6.41. The molecule has 1 N–H and O–H groups in total. The molecule has 2 aromatic rings. The molecule has 4 heteroatoms. The fourth-order valence-corrected chi connectivity index (χ4v) is 1.49. The molecule has 1 aromatic carbocycles. The van der Waals surface area contributed by atoms with E-state index in [1.807, 2.05) is 0 Å². The summed E-state index contributed by atoms with van der Waals surface area (Å²) >= 11 is 3.13. The minimum absolute atomic E-state index is 0.260. The predicted molar refractivity (Wildman–Crippen MR) is 51.7 cm³/mol. The Labute approximate surface area is 82.9 Å². The Hall–Kier alpha value is -1.16. The Morgan fingerprint density at radius 1 is 1.38 bits per heavy atom. The van der Waals surface area contributed by atoms with E-state index in [0.717, 1.165) is 5.56 Å². The maximum Gasteiger partial charge on any atom is 0.145 e. The molecule has 0 aliphatic heterocycles. The molecule has 2 nitrogen and oxygen atoms in total. The minimum atomic E-state index is -0.260. The van der Waals surface area contributed by atoms with E-state index in [0.29, 0.717) is 10.0 Å². The molecule has 0 aliphatic carbocycles. The van der Waals surface area contributed by atoms with Gasteiger partial charge in [-0.25, -0.2) is 4.39 Å². The zero-order valence-corrected chi connectivity index (χ0v) is 8.18. The third-order valence-electron chi connectivity index (χ3n) is 1.76. The van der Waals surface area contributed by atoms with Crippen LogP contribution in [0.1, 0.15) is 0 Å². The molecule has 13 heavy (non-hydrogen) atoms. The summed E-state index contributed by atoms with van der Waals surface area (Å²) in [6, 6.07) is 5.17. The fourth-order valence-electron chi connectivity index (χ4n) is 1.12. The zero-order valence-electron chi connectivity index (χ0n) is 6.59. The maximum absolute atomic E-state index is 13.5.